The molecule has 3 aromatic rings. The second kappa shape index (κ2) is 9.37. The van der Waals surface area contributed by atoms with E-state index < -0.39 is 17.1 Å². The first-order chi connectivity index (χ1) is 15.5. The molecule has 1 aliphatic heterocycles. The van der Waals surface area contributed by atoms with Crippen LogP contribution in [0, 0.1) is 0 Å². The van der Waals surface area contributed by atoms with E-state index in [0.29, 0.717) is 37.3 Å². The number of fused-ring (bicyclic) bond motifs is 1. The molecule has 1 aliphatic rings. The molecule has 1 aromatic carbocycles. The fourth-order valence-corrected chi connectivity index (χ4v) is 3.92. The fourth-order valence-electron chi connectivity index (χ4n) is 3.92. The van der Waals surface area contributed by atoms with E-state index in [4.69, 9.17) is 14.2 Å². The van der Waals surface area contributed by atoms with Crippen molar-refractivity contribution in [2.75, 3.05) is 47.1 Å². The molecule has 0 saturated carbocycles. The zero-order valence-electron chi connectivity index (χ0n) is 18.0. The van der Waals surface area contributed by atoms with Crippen LogP contribution >= 0.6 is 0 Å². The van der Waals surface area contributed by atoms with Crippen molar-refractivity contribution >= 4 is 17.0 Å². The van der Waals surface area contributed by atoms with Crippen molar-refractivity contribution in [1.82, 2.24) is 14.5 Å². The highest BCUT2D eigenvalue weighted by molar-refractivity contribution is 5.99. The van der Waals surface area contributed by atoms with Crippen LogP contribution in [0.25, 0.3) is 22.2 Å². The van der Waals surface area contributed by atoms with E-state index >= 15 is 0 Å². The number of benzene rings is 1. The Balaban J connectivity index is 1.83. The number of aromatic carboxylic acids is 1. The summed E-state index contributed by atoms with van der Waals surface area (Å²) in [5.74, 6) is -0.586. The number of pyridine rings is 2. The topological polar surface area (TPSA) is 103 Å². The van der Waals surface area contributed by atoms with Crippen molar-refractivity contribution in [3.8, 4) is 22.6 Å². The summed E-state index contributed by atoms with van der Waals surface area (Å²) in [4.78, 5) is 31.8. The molecule has 0 radical (unpaired) electrons. The van der Waals surface area contributed by atoms with Gasteiger partial charge < -0.3 is 19.3 Å². The number of hydrogen-bond acceptors (Lipinski definition) is 7. The smallest absolute Gasteiger partial charge is 0.345 e. The summed E-state index contributed by atoms with van der Waals surface area (Å²) >= 11 is 0. The first kappa shape index (κ1) is 21.8. The zero-order valence-corrected chi connectivity index (χ0v) is 18.0. The molecule has 3 heterocycles. The van der Waals surface area contributed by atoms with Gasteiger partial charge in [0.25, 0.3) is 5.56 Å². The van der Waals surface area contributed by atoms with Gasteiger partial charge in [0, 0.05) is 37.9 Å². The van der Waals surface area contributed by atoms with E-state index in [9.17, 15) is 14.7 Å². The van der Waals surface area contributed by atoms with Crippen LogP contribution in [0.4, 0.5) is 0 Å². The third kappa shape index (κ3) is 4.17. The molecule has 0 amide bonds. The van der Waals surface area contributed by atoms with Crippen LogP contribution < -0.4 is 15.0 Å². The van der Waals surface area contributed by atoms with Crippen LogP contribution in [0.1, 0.15) is 10.4 Å². The number of carboxylic acids is 1. The summed E-state index contributed by atoms with van der Waals surface area (Å²) in [5.41, 5.74) is 1.02. The van der Waals surface area contributed by atoms with Gasteiger partial charge in [-0.05, 0) is 23.8 Å². The second-order valence-electron chi connectivity index (χ2n) is 7.45. The lowest BCUT2D eigenvalue weighted by Gasteiger charge is -2.27. The maximum atomic E-state index is 13.1. The summed E-state index contributed by atoms with van der Waals surface area (Å²) in [5, 5.41) is 10.2. The summed E-state index contributed by atoms with van der Waals surface area (Å²) in [6, 6.07) is 9.26. The summed E-state index contributed by atoms with van der Waals surface area (Å²) in [6.45, 7) is 3.72. The molecule has 0 atom stereocenters. The quantitative estimate of drug-likeness (QED) is 0.597. The van der Waals surface area contributed by atoms with Gasteiger partial charge in [-0.3, -0.25) is 14.3 Å². The van der Waals surface area contributed by atoms with Gasteiger partial charge in [-0.25, -0.2) is 9.78 Å². The monoisotopic (exact) mass is 439 g/mol. The highest BCUT2D eigenvalue weighted by atomic mass is 16.5. The van der Waals surface area contributed by atoms with Crippen molar-refractivity contribution in [3.05, 3.63) is 52.4 Å². The van der Waals surface area contributed by atoms with Gasteiger partial charge in [-0.1, -0.05) is 12.1 Å². The minimum absolute atomic E-state index is 0.0167. The van der Waals surface area contributed by atoms with E-state index in [1.54, 1.807) is 19.4 Å². The number of ether oxygens (including phenoxy) is 3. The van der Waals surface area contributed by atoms with Gasteiger partial charge in [0.05, 0.1) is 32.8 Å². The van der Waals surface area contributed by atoms with Crippen LogP contribution in [0.2, 0.25) is 0 Å². The predicted octanol–water partition coefficient (Wildman–Crippen LogP) is 2.11. The highest BCUT2D eigenvalue weighted by Gasteiger charge is 2.24. The average molecular weight is 439 g/mol. The lowest BCUT2D eigenvalue weighted by molar-refractivity contribution is 0.0364. The lowest BCUT2D eigenvalue weighted by Crippen LogP contribution is -2.40. The van der Waals surface area contributed by atoms with Crippen molar-refractivity contribution < 1.29 is 24.1 Å². The van der Waals surface area contributed by atoms with Gasteiger partial charge in [0.2, 0.25) is 0 Å². The van der Waals surface area contributed by atoms with E-state index in [0.717, 1.165) is 30.0 Å². The Morgan fingerprint density at radius 2 is 1.81 bits per heavy atom. The molecule has 168 valence electrons. The zero-order chi connectivity index (χ0) is 22.7. The molecule has 0 spiro atoms. The number of hydrogen-bond donors (Lipinski definition) is 1. The number of methoxy groups -OCH3 is 2. The standard InChI is InChI=1S/C23H25N3O6/c1-30-17-5-3-15(4-6-17)16-13-18-20(31-2)19(23(28)29)22(27)26(21(18)24-14-16)8-7-25-9-11-32-12-10-25/h3-6,13-14H,7-12H2,1-2H3,(H,28,29). The van der Waals surface area contributed by atoms with Crippen LogP contribution in [0.15, 0.2) is 41.3 Å². The average Bonchev–Trinajstić information content (AvgIpc) is 2.83. The molecule has 0 unspecified atom stereocenters. The summed E-state index contributed by atoms with van der Waals surface area (Å²) in [7, 11) is 2.96. The molecule has 0 bridgehead atoms. The fraction of sp³-hybridized carbons (Fsp3) is 0.348. The molecular weight excluding hydrogens is 414 g/mol. The van der Waals surface area contributed by atoms with Crippen LogP contribution in [0.3, 0.4) is 0 Å². The number of rotatable bonds is 7. The van der Waals surface area contributed by atoms with Crippen LogP contribution in [-0.4, -0.2) is 72.6 Å². The first-order valence-electron chi connectivity index (χ1n) is 10.3. The lowest BCUT2D eigenvalue weighted by atomic mass is 10.0. The minimum atomic E-state index is -1.33. The highest BCUT2D eigenvalue weighted by Crippen LogP contribution is 2.31. The molecule has 1 saturated heterocycles. The second-order valence-corrected chi connectivity index (χ2v) is 7.45. The van der Waals surface area contributed by atoms with E-state index in [1.165, 1.54) is 11.7 Å². The third-order valence-electron chi connectivity index (χ3n) is 5.64. The molecule has 32 heavy (non-hydrogen) atoms. The summed E-state index contributed by atoms with van der Waals surface area (Å²) < 4.78 is 17.4. The van der Waals surface area contributed by atoms with Crippen molar-refractivity contribution in [1.29, 1.82) is 0 Å². The normalized spacial score (nSPS) is 14.4. The van der Waals surface area contributed by atoms with E-state index in [2.05, 4.69) is 9.88 Å². The molecule has 9 nitrogen and oxygen atoms in total. The molecule has 2 aromatic heterocycles. The number of morpholine rings is 1. The first-order valence-corrected chi connectivity index (χ1v) is 10.3. The van der Waals surface area contributed by atoms with E-state index in [1.807, 2.05) is 24.3 Å². The van der Waals surface area contributed by atoms with Crippen molar-refractivity contribution in [3.63, 3.8) is 0 Å². The van der Waals surface area contributed by atoms with Gasteiger partial charge in [-0.2, -0.15) is 0 Å². The maximum Gasteiger partial charge on any atom is 0.345 e. The van der Waals surface area contributed by atoms with Gasteiger partial charge in [0.15, 0.2) is 5.56 Å². The Bertz CT molecular complexity index is 1180. The molecule has 4 rings (SSSR count). The maximum absolute atomic E-state index is 13.1. The Kier molecular flexibility index (Phi) is 6.38. The largest absolute Gasteiger partial charge is 0.497 e. The minimum Gasteiger partial charge on any atom is -0.497 e. The van der Waals surface area contributed by atoms with Gasteiger partial charge >= 0.3 is 5.97 Å². The number of carboxylic acid groups (broad SMARTS) is 1. The Hall–Kier alpha value is -3.43. The predicted molar refractivity (Wildman–Crippen MR) is 119 cm³/mol. The molecule has 1 N–H and O–H groups in total. The van der Waals surface area contributed by atoms with Crippen molar-refractivity contribution in [2.24, 2.45) is 0 Å². The van der Waals surface area contributed by atoms with Gasteiger partial charge in [-0.15, -0.1) is 0 Å². The Morgan fingerprint density at radius 1 is 1.09 bits per heavy atom. The Morgan fingerprint density at radius 3 is 2.44 bits per heavy atom. The molecule has 1 fully saturated rings. The molecule has 9 heteroatoms. The third-order valence-corrected chi connectivity index (χ3v) is 5.64. The molecular formula is C23H25N3O6. The van der Waals surface area contributed by atoms with Crippen LogP contribution in [-0.2, 0) is 11.3 Å². The van der Waals surface area contributed by atoms with Crippen LogP contribution in [0.5, 0.6) is 11.5 Å². The number of nitrogens with zero attached hydrogens (tertiary/aromatic N) is 3. The molecule has 0 aliphatic carbocycles. The number of carbonyl (C=O) groups is 1. The van der Waals surface area contributed by atoms with Crippen molar-refractivity contribution in [2.45, 2.75) is 6.54 Å². The summed E-state index contributed by atoms with van der Waals surface area (Å²) in [6.07, 6.45) is 1.68. The van der Waals surface area contributed by atoms with E-state index in [-0.39, 0.29) is 5.75 Å². The van der Waals surface area contributed by atoms with Gasteiger partial charge in [0.1, 0.15) is 17.1 Å². The number of aromatic nitrogens is 2. The SMILES string of the molecule is COc1ccc(-c2cnc3c(c2)c(OC)c(C(=O)O)c(=O)n3CCN2CCOCC2)cc1. The Labute approximate surface area is 184 Å².